The number of carbonyl (C=O) groups excluding carboxylic acids is 4. The Morgan fingerprint density at radius 2 is 0.520 bits per heavy atom. The van der Waals surface area contributed by atoms with Gasteiger partial charge in [-0.15, -0.1) is 0 Å². The summed E-state index contributed by atoms with van der Waals surface area (Å²) in [7, 11) is -9.97. The van der Waals surface area contributed by atoms with Gasteiger partial charge in [-0.25, -0.2) is 9.13 Å². The number of aliphatic hydroxyl groups is 1. The van der Waals surface area contributed by atoms with Gasteiger partial charge in [-0.3, -0.25) is 37.3 Å². The Morgan fingerprint density at radius 3 is 0.820 bits per heavy atom. The lowest BCUT2D eigenvalue weighted by atomic mass is 10.1. The Morgan fingerprint density at radius 1 is 0.290 bits per heavy atom. The third kappa shape index (κ3) is 71.8. The van der Waals surface area contributed by atoms with Crippen LogP contribution < -0.4 is 0 Å². The van der Waals surface area contributed by atoms with E-state index in [1.165, 1.54) is 57.8 Å². The molecule has 17 nitrogen and oxygen atoms in total. The highest BCUT2D eigenvalue weighted by atomic mass is 31.2. The van der Waals surface area contributed by atoms with E-state index in [-0.39, 0.29) is 25.7 Å². The summed E-state index contributed by atoms with van der Waals surface area (Å²) in [6.45, 7) is 4.55. The molecule has 0 amide bonds. The third-order valence-electron chi connectivity index (χ3n) is 15.9. The minimum atomic E-state index is -4.99. The number of phosphoric ester groups is 2. The van der Waals surface area contributed by atoms with E-state index in [1.807, 2.05) is 0 Å². The first-order valence-electron chi connectivity index (χ1n) is 38.8. The van der Waals surface area contributed by atoms with Gasteiger partial charge < -0.3 is 33.8 Å². The van der Waals surface area contributed by atoms with E-state index < -0.39 is 97.5 Å². The molecule has 0 aromatic rings. The Hall–Kier alpha value is -4.54. The van der Waals surface area contributed by atoms with E-state index in [0.29, 0.717) is 25.7 Å². The number of unbranched alkanes of at least 4 members (excludes halogenated alkanes) is 26. The second-order valence-electron chi connectivity index (χ2n) is 25.5. The van der Waals surface area contributed by atoms with Crippen LogP contribution in [0.15, 0.2) is 122 Å². The zero-order valence-corrected chi connectivity index (χ0v) is 64.4. The lowest BCUT2D eigenvalue weighted by molar-refractivity contribution is -0.161. The van der Waals surface area contributed by atoms with Crippen LogP contribution in [0.1, 0.15) is 310 Å². The normalized spacial score (nSPS) is 14.6. The highest BCUT2D eigenvalue weighted by Gasteiger charge is 2.30. The number of ether oxygens (including phenoxy) is 4. The van der Waals surface area contributed by atoms with Crippen molar-refractivity contribution in [2.24, 2.45) is 0 Å². The summed E-state index contributed by atoms with van der Waals surface area (Å²) in [6.07, 6.45) is 79.0. The monoisotopic (exact) mass is 1440 g/mol. The molecular weight excluding hydrogens is 1310 g/mol. The van der Waals surface area contributed by atoms with Crippen LogP contribution in [0.4, 0.5) is 0 Å². The molecule has 0 saturated heterocycles. The van der Waals surface area contributed by atoms with E-state index in [4.69, 9.17) is 37.0 Å². The molecular formula is C81H138O17P2. The Labute approximate surface area is 606 Å². The van der Waals surface area contributed by atoms with Gasteiger partial charge in [0.2, 0.25) is 0 Å². The zero-order chi connectivity index (χ0) is 73.2. The maximum atomic E-state index is 13.1. The number of carbonyl (C=O) groups is 4. The Bertz CT molecular complexity index is 2370. The van der Waals surface area contributed by atoms with Crippen molar-refractivity contribution in [2.75, 3.05) is 39.6 Å². The average Bonchev–Trinajstić information content (AvgIpc) is 1.00. The molecule has 0 fully saturated rings. The van der Waals surface area contributed by atoms with E-state index in [9.17, 15) is 43.2 Å². The second-order valence-corrected chi connectivity index (χ2v) is 28.4. The Balaban J connectivity index is 5.39. The maximum Gasteiger partial charge on any atom is 0.472 e. The molecule has 19 heteroatoms. The van der Waals surface area contributed by atoms with Gasteiger partial charge in [-0.2, -0.15) is 0 Å². The molecule has 0 aromatic carbocycles. The SMILES string of the molecule is CC/C=C\C/C=C\C/C=C\C/C=C\CCCCCCC(=O)OCC(COP(=O)(O)OCC(O)COP(=O)(O)OCC(COC(=O)CCCCCCC/C=C\C/C=C\CCCCC)OC(=O)CCCCCCCCCCCCC)OC(=O)CCCCCC/C=C\C/C=C\C/C=C\C/C=C\CC. The fourth-order valence-corrected chi connectivity index (χ4v) is 11.6. The van der Waals surface area contributed by atoms with Crippen LogP contribution in [0.3, 0.4) is 0 Å². The zero-order valence-electron chi connectivity index (χ0n) is 62.6. The molecule has 0 aliphatic heterocycles. The molecule has 3 N–H and O–H groups in total. The average molecular weight is 1450 g/mol. The van der Waals surface area contributed by atoms with Gasteiger partial charge in [0.1, 0.15) is 19.3 Å². The van der Waals surface area contributed by atoms with Crippen LogP contribution in [0.2, 0.25) is 0 Å². The van der Waals surface area contributed by atoms with Crippen LogP contribution in [0, 0.1) is 0 Å². The molecule has 0 spiro atoms. The molecule has 0 aliphatic carbocycles. The molecule has 0 saturated carbocycles. The molecule has 0 heterocycles. The number of hydrogen-bond donors (Lipinski definition) is 3. The summed E-state index contributed by atoms with van der Waals surface area (Å²) in [5.74, 6) is -2.24. The number of hydrogen-bond acceptors (Lipinski definition) is 15. The van der Waals surface area contributed by atoms with Gasteiger partial charge in [0.25, 0.3) is 0 Å². The number of rotatable bonds is 72. The van der Waals surface area contributed by atoms with E-state index in [0.717, 1.165) is 173 Å². The first kappa shape index (κ1) is 95.5. The van der Waals surface area contributed by atoms with E-state index in [1.54, 1.807) is 0 Å². The van der Waals surface area contributed by atoms with Crippen molar-refractivity contribution in [3.63, 3.8) is 0 Å². The highest BCUT2D eigenvalue weighted by molar-refractivity contribution is 7.47. The molecule has 574 valence electrons. The fraction of sp³-hybridized carbons (Fsp3) is 0.704. The van der Waals surface area contributed by atoms with Crippen molar-refractivity contribution in [1.29, 1.82) is 0 Å². The molecule has 5 atom stereocenters. The largest absolute Gasteiger partial charge is 0.472 e. The molecule has 5 unspecified atom stereocenters. The maximum absolute atomic E-state index is 13.1. The number of esters is 4. The van der Waals surface area contributed by atoms with Crippen LogP contribution in [-0.4, -0.2) is 96.7 Å². The quantitative estimate of drug-likeness (QED) is 0.0169. The van der Waals surface area contributed by atoms with E-state index >= 15 is 0 Å². The van der Waals surface area contributed by atoms with Crippen molar-refractivity contribution in [1.82, 2.24) is 0 Å². The van der Waals surface area contributed by atoms with Crippen LogP contribution in [0.5, 0.6) is 0 Å². The first-order chi connectivity index (χ1) is 48.7. The van der Waals surface area contributed by atoms with Gasteiger partial charge in [-0.05, 0) is 135 Å². The lowest BCUT2D eigenvalue weighted by Crippen LogP contribution is -2.30. The molecule has 100 heavy (non-hydrogen) atoms. The minimum absolute atomic E-state index is 0.0587. The summed E-state index contributed by atoms with van der Waals surface area (Å²) in [5, 5.41) is 10.6. The van der Waals surface area contributed by atoms with Gasteiger partial charge >= 0.3 is 39.5 Å². The van der Waals surface area contributed by atoms with Gasteiger partial charge in [0.05, 0.1) is 26.4 Å². The van der Waals surface area contributed by atoms with Crippen molar-refractivity contribution in [2.45, 2.75) is 329 Å². The number of allylic oxidation sites excluding steroid dienone is 20. The molecule has 0 radical (unpaired) electrons. The molecule has 0 rings (SSSR count). The van der Waals surface area contributed by atoms with Gasteiger partial charge in [0, 0.05) is 25.7 Å². The van der Waals surface area contributed by atoms with Crippen molar-refractivity contribution in [3.8, 4) is 0 Å². The van der Waals surface area contributed by atoms with Gasteiger partial charge in [0.15, 0.2) is 12.2 Å². The standard InChI is InChI=1S/C81H138O17P2/c1-5-9-13-17-21-25-29-32-35-37-40-43-47-50-54-58-62-66-79(84)92-72-77(98-81(86)68-64-60-56-52-48-44-41-38-36-33-30-26-22-18-14-10-6-2)74-96-100(89,90)94-70-75(82)69-93-99(87,88)95-73-76(97-80(85)67-63-59-55-51-45-28-24-20-16-12-8-4)71-91-78(83)65-61-57-53-49-46-42-39-34-31-27-23-19-15-11-7-3/h9-10,13-14,21-23,25-27,32-36,39-41,43-44,75-77,82H,5-8,11-12,15-20,24,28-31,37-38,42,45-74H2,1-4H3,(H,87,88)(H,89,90)/b13-9-,14-10-,25-21-,26-22-,27-23-,35-32-,36-33-,39-34-,43-40-,44-41-. The topological polar surface area (TPSA) is 237 Å². The number of aliphatic hydroxyl groups excluding tert-OH is 1. The summed E-state index contributed by atoms with van der Waals surface area (Å²) in [6, 6.07) is 0. The fourth-order valence-electron chi connectivity index (χ4n) is 10.1. The first-order valence-corrected chi connectivity index (χ1v) is 41.8. The predicted octanol–water partition coefficient (Wildman–Crippen LogP) is 22.3. The van der Waals surface area contributed by atoms with E-state index in [2.05, 4.69) is 149 Å². The summed E-state index contributed by atoms with van der Waals surface area (Å²) in [4.78, 5) is 72.9. The molecule has 0 aromatic heterocycles. The Kier molecular flexibility index (Phi) is 69.5. The summed E-state index contributed by atoms with van der Waals surface area (Å²) in [5.41, 5.74) is 0. The highest BCUT2D eigenvalue weighted by Crippen LogP contribution is 2.45. The van der Waals surface area contributed by atoms with Crippen LogP contribution >= 0.6 is 15.6 Å². The summed E-state index contributed by atoms with van der Waals surface area (Å²) >= 11 is 0. The predicted molar refractivity (Wildman–Crippen MR) is 408 cm³/mol. The smallest absolute Gasteiger partial charge is 0.462 e. The van der Waals surface area contributed by atoms with Gasteiger partial charge in [-0.1, -0.05) is 271 Å². The number of phosphoric acid groups is 2. The van der Waals surface area contributed by atoms with Crippen LogP contribution in [-0.2, 0) is 65.4 Å². The third-order valence-corrected chi connectivity index (χ3v) is 17.8. The lowest BCUT2D eigenvalue weighted by Gasteiger charge is -2.21. The van der Waals surface area contributed by atoms with Crippen molar-refractivity contribution in [3.05, 3.63) is 122 Å². The second kappa shape index (κ2) is 72.8. The van der Waals surface area contributed by atoms with Crippen molar-refractivity contribution < 1.29 is 80.2 Å². The molecule has 0 bridgehead atoms. The summed E-state index contributed by atoms with van der Waals surface area (Å²) < 4.78 is 68.5. The minimum Gasteiger partial charge on any atom is -0.462 e. The van der Waals surface area contributed by atoms with Crippen LogP contribution in [0.25, 0.3) is 0 Å². The van der Waals surface area contributed by atoms with Crippen molar-refractivity contribution >= 4 is 39.5 Å². The molecule has 0 aliphatic rings.